The highest BCUT2D eigenvalue weighted by atomic mass is 14.3. The first-order valence-electron chi connectivity index (χ1n) is 6.24. The molecule has 76 valence electrons. The van der Waals surface area contributed by atoms with Gasteiger partial charge < -0.3 is 0 Å². The molecule has 2 rings (SSSR count). The average molecular weight is 180 g/mol. The van der Waals surface area contributed by atoms with E-state index in [-0.39, 0.29) is 0 Å². The zero-order valence-electron chi connectivity index (χ0n) is 9.26. The number of rotatable bonds is 2. The third-order valence-electron chi connectivity index (χ3n) is 4.27. The quantitative estimate of drug-likeness (QED) is 0.596. The van der Waals surface area contributed by atoms with Gasteiger partial charge in [0.1, 0.15) is 0 Å². The van der Waals surface area contributed by atoms with Crippen molar-refractivity contribution in [3.63, 3.8) is 0 Å². The monoisotopic (exact) mass is 180 g/mol. The van der Waals surface area contributed by atoms with E-state index in [9.17, 15) is 0 Å². The van der Waals surface area contributed by atoms with Gasteiger partial charge in [-0.05, 0) is 42.9 Å². The van der Waals surface area contributed by atoms with Gasteiger partial charge in [-0.3, -0.25) is 0 Å². The van der Waals surface area contributed by atoms with E-state index < -0.39 is 0 Å². The molecule has 2 aliphatic rings. The fraction of sp³-hybridized carbons (Fsp3) is 1.00. The Morgan fingerprint density at radius 2 is 1.38 bits per heavy atom. The smallest absolute Gasteiger partial charge is 0.0407 e. The Balaban J connectivity index is 1.65. The third-order valence-corrected chi connectivity index (χ3v) is 4.27. The molecule has 0 amide bonds. The largest absolute Gasteiger partial charge is 0.0625 e. The minimum absolute atomic E-state index is 1.02. The highest BCUT2D eigenvalue weighted by Crippen LogP contribution is 2.41. The first kappa shape index (κ1) is 9.55. The molecule has 2 fully saturated rings. The van der Waals surface area contributed by atoms with Crippen LogP contribution >= 0.6 is 0 Å². The maximum absolute atomic E-state index is 2.42. The fourth-order valence-corrected chi connectivity index (χ4v) is 3.30. The Hall–Kier alpha value is 0. The molecule has 0 aromatic carbocycles. The summed E-state index contributed by atoms with van der Waals surface area (Å²) < 4.78 is 0. The molecule has 0 N–H and O–H groups in total. The van der Waals surface area contributed by atoms with Gasteiger partial charge in [-0.15, -0.1) is 0 Å². The summed E-state index contributed by atoms with van der Waals surface area (Å²) in [5, 5.41) is 0. The first-order chi connectivity index (χ1) is 6.24. The summed E-state index contributed by atoms with van der Waals surface area (Å²) in [7, 11) is 0. The van der Waals surface area contributed by atoms with Crippen molar-refractivity contribution in [3.05, 3.63) is 0 Å². The van der Waals surface area contributed by atoms with E-state index in [0.717, 1.165) is 23.7 Å². The molecule has 0 radical (unpaired) electrons. The topological polar surface area (TPSA) is 0 Å². The Labute approximate surface area is 83.1 Å². The van der Waals surface area contributed by atoms with Gasteiger partial charge in [0.15, 0.2) is 0 Å². The minimum atomic E-state index is 1.02. The van der Waals surface area contributed by atoms with Gasteiger partial charge in [0.25, 0.3) is 0 Å². The van der Waals surface area contributed by atoms with Crippen LogP contribution in [-0.2, 0) is 0 Å². The molecule has 0 atom stereocenters. The Morgan fingerprint density at radius 1 is 0.769 bits per heavy atom. The second-order valence-electron chi connectivity index (χ2n) is 5.80. The zero-order valence-corrected chi connectivity index (χ0v) is 9.26. The number of hydrogen-bond donors (Lipinski definition) is 0. The molecule has 0 bridgehead atoms. The van der Waals surface area contributed by atoms with Gasteiger partial charge in [-0.2, -0.15) is 0 Å². The van der Waals surface area contributed by atoms with Crippen molar-refractivity contribution in [3.8, 4) is 0 Å². The Morgan fingerprint density at radius 3 is 1.92 bits per heavy atom. The van der Waals surface area contributed by atoms with Gasteiger partial charge in [0, 0.05) is 0 Å². The van der Waals surface area contributed by atoms with E-state index >= 15 is 0 Å². The van der Waals surface area contributed by atoms with Crippen molar-refractivity contribution in [2.75, 3.05) is 0 Å². The molecule has 0 heterocycles. The van der Waals surface area contributed by atoms with E-state index in [1.54, 1.807) is 6.42 Å². The SMILES string of the molecule is CC1CCC(CC2CC(C)C2)CC1. The van der Waals surface area contributed by atoms with Crippen molar-refractivity contribution >= 4 is 0 Å². The molecule has 0 aliphatic heterocycles. The van der Waals surface area contributed by atoms with Crippen LogP contribution in [0.25, 0.3) is 0 Å². The van der Waals surface area contributed by atoms with Crippen molar-refractivity contribution in [2.45, 2.75) is 58.8 Å². The van der Waals surface area contributed by atoms with Crippen molar-refractivity contribution < 1.29 is 0 Å². The molecule has 0 unspecified atom stereocenters. The van der Waals surface area contributed by atoms with Crippen LogP contribution in [0.15, 0.2) is 0 Å². The average Bonchev–Trinajstić information content (AvgIpc) is 2.06. The van der Waals surface area contributed by atoms with Crippen LogP contribution < -0.4 is 0 Å². The van der Waals surface area contributed by atoms with Crippen LogP contribution in [0.5, 0.6) is 0 Å². The van der Waals surface area contributed by atoms with Gasteiger partial charge in [-0.25, -0.2) is 0 Å². The Kier molecular flexibility index (Phi) is 2.96. The molecule has 0 heteroatoms. The maximum Gasteiger partial charge on any atom is -0.0407 e. The molecular weight excluding hydrogens is 156 g/mol. The fourth-order valence-electron chi connectivity index (χ4n) is 3.30. The summed E-state index contributed by atoms with van der Waals surface area (Å²) in [6.45, 7) is 4.82. The molecule has 0 aromatic heterocycles. The lowest BCUT2D eigenvalue weighted by Crippen LogP contribution is -2.25. The van der Waals surface area contributed by atoms with Gasteiger partial charge in [-0.1, -0.05) is 39.5 Å². The predicted octanol–water partition coefficient (Wildman–Crippen LogP) is 4.25. The van der Waals surface area contributed by atoms with Crippen LogP contribution in [0.3, 0.4) is 0 Å². The molecule has 2 aliphatic carbocycles. The molecule has 0 nitrogen and oxygen atoms in total. The summed E-state index contributed by atoms with van der Waals surface area (Å²) in [5.41, 5.74) is 0. The zero-order chi connectivity index (χ0) is 9.26. The van der Waals surface area contributed by atoms with Crippen LogP contribution in [0.4, 0.5) is 0 Å². The van der Waals surface area contributed by atoms with E-state index in [0.29, 0.717) is 0 Å². The third kappa shape index (κ3) is 2.48. The lowest BCUT2D eigenvalue weighted by molar-refractivity contribution is 0.148. The lowest BCUT2D eigenvalue weighted by Gasteiger charge is -2.37. The van der Waals surface area contributed by atoms with Crippen molar-refractivity contribution in [1.29, 1.82) is 0 Å². The highest BCUT2D eigenvalue weighted by Gasteiger charge is 2.29. The maximum atomic E-state index is 2.42. The molecular formula is C13H24. The van der Waals surface area contributed by atoms with E-state index in [1.807, 2.05) is 0 Å². The summed E-state index contributed by atoms with van der Waals surface area (Å²) in [6, 6.07) is 0. The molecule has 0 aromatic rings. The summed E-state index contributed by atoms with van der Waals surface area (Å²) >= 11 is 0. The molecule has 0 saturated heterocycles. The normalized spacial score (nSPS) is 45.7. The summed E-state index contributed by atoms with van der Waals surface area (Å²) in [5.74, 6) is 4.30. The van der Waals surface area contributed by atoms with E-state index in [2.05, 4.69) is 13.8 Å². The first-order valence-corrected chi connectivity index (χ1v) is 6.24. The van der Waals surface area contributed by atoms with Crippen LogP contribution in [0.2, 0.25) is 0 Å². The van der Waals surface area contributed by atoms with Crippen LogP contribution in [-0.4, -0.2) is 0 Å². The van der Waals surface area contributed by atoms with Gasteiger partial charge in [0.05, 0.1) is 0 Å². The van der Waals surface area contributed by atoms with E-state index in [4.69, 9.17) is 0 Å². The lowest BCUT2D eigenvalue weighted by atomic mass is 9.69. The van der Waals surface area contributed by atoms with Gasteiger partial charge >= 0.3 is 0 Å². The standard InChI is InChI=1S/C13H24/c1-10-3-5-12(6-4-10)9-13-7-11(2)8-13/h10-13H,3-9H2,1-2H3. The second kappa shape index (κ2) is 4.02. The summed E-state index contributed by atoms with van der Waals surface area (Å²) in [4.78, 5) is 0. The molecule has 0 spiro atoms. The highest BCUT2D eigenvalue weighted by molar-refractivity contribution is 4.80. The molecule has 2 saturated carbocycles. The van der Waals surface area contributed by atoms with Gasteiger partial charge in [0.2, 0.25) is 0 Å². The van der Waals surface area contributed by atoms with Crippen LogP contribution in [0.1, 0.15) is 58.8 Å². The van der Waals surface area contributed by atoms with Crippen molar-refractivity contribution in [2.24, 2.45) is 23.7 Å². The van der Waals surface area contributed by atoms with Crippen molar-refractivity contribution in [1.82, 2.24) is 0 Å². The van der Waals surface area contributed by atoms with Crippen LogP contribution in [0, 0.1) is 23.7 Å². The molecule has 13 heavy (non-hydrogen) atoms. The predicted molar refractivity (Wildman–Crippen MR) is 57.6 cm³/mol. The number of hydrogen-bond acceptors (Lipinski definition) is 0. The van der Waals surface area contributed by atoms with E-state index in [1.165, 1.54) is 38.5 Å². The second-order valence-corrected chi connectivity index (χ2v) is 5.80. The Bertz CT molecular complexity index is 147. The minimum Gasteiger partial charge on any atom is -0.0625 e. The summed E-state index contributed by atoms with van der Waals surface area (Å²) in [6.07, 6.45) is 10.7.